The summed E-state index contributed by atoms with van der Waals surface area (Å²) in [7, 11) is 0. The lowest BCUT2D eigenvalue weighted by atomic mass is 10.1. The Hall–Kier alpha value is -2.94. The summed E-state index contributed by atoms with van der Waals surface area (Å²) in [5, 5.41) is 8.26. The molecule has 2 heterocycles. The first-order valence-corrected chi connectivity index (χ1v) is 9.59. The van der Waals surface area contributed by atoms with Gasteiger partial charge in [-0.25, -0.2) is 4.99 Å². The molecule has 150 valence electrons. The number of amides is 3. The third-order valence-electron chi connectivity index (χ3n) is 4.95. The largest absolute Gasteiger partial charge is 0.332 e. The zero-order valence-corrected chi connectivity index (χ0v) is 16.2. The zero-order valence-electron chi connectivity index (χ0n) is 16.2. The molecule has 1 atom stereocenters. The van der Waals surface area contributed by atoms with E-state index in [1.54, 1.807) is 24.3 Å². The van der Waals surface area contributed by atoms with Crippen LogP contribution in [0.3, 0.4) is 0 Å². The fourth-order valence-corrected chi connectivity index (χ4v) is 3.34. The van der Waals surface area contributed by atoms with Crippen LogP contribution in [0.1, 0.15) is 20.3 Å². The molecule has 9 heteroatoms. The molecule has 0 bridgehead atoms. The predicted octanol–water partition coefficient (Wildman–Crippen LogP) is -0.952. The van der Waals surface area contributed by atoms with E-state index in [9.17, 15) is 14.4 Å². The van der Waals surface area contributed by atoms with Gasteiger partial charge in [-0.15, -0.1) is 0 Å². The summed E-state index contributed by atoms with van der Waals surface area (Å²) in [6.45, 7) is 8.27. The molecule has 2 aliphatic heterocycles. The standard InChI is InChI=1S/C19H26N6O3/c1-3-24-8-10-25(11-9-24)19-22-16(12-17(27)23-19)18(28)21-15-6-4-14(5-7-15)20-13(2)26/h4-7,16H,3,8-12H2,1-2H3,(H,20,26)(H,21,28)(H,22,23,27)/p+1/t16-/m1/s1. The van der Waals surface area contributed by atoms with Gasteiger partial charge in [-0.2, -0.15) is 0 Å². The molecule has 1 saturated heterocycles. The van der Waals surface area contributed by atoms with E-state index in [4.69, 9.17) is 0 Å². The van der Waals surface area contributed by atoms with Gasteiger partial charge in [-0.05, 0) is 31.2 Å². The minimum atomic E-state index is -0.754. The highest BCUT2D eigenvalue weighted by Gasteiger charge is 2.31. The lowest BCUT2D eigenvalue weighted by Gasteiger charge is -2.35. The second-order valence-electron chi connectivity index (χ2n) is 7.06. The van der Waals surface area contributed by atoms with Crippen molar-refractivity contribution in [2.45, 2.75) is 26.3 Å². The van der Waals surface area contributed by atoms with E-state index < -0.39 is 6.04 Å². The maximum atomic E-state index is 12.6. The molecule has 0 radical (unpaired) electrons. The molecule has 1 aromatic carbocycles. The number of rotatable bonds is 4. The number of likely N-dealkylation sites (N-methyl/N-ethyl adjacent to an activating group) is 1. The molecule has 2 aliphatic rings. The molecule has 1 fully saturated rings. The maximum absolute atomic E-state index is 12.6. The van der Waals surface area contributed by atoms with Crippen LogP contribution in [0.25, 0.3) is 0 Å². The van der Waals surface area contributed by atoms with Gasteiger partial charge in [-0.3, -0.25) is 19.7 Å². The average molecular weight is 387 g/mol. The summed E-state index contributed by atoms with van der Waals surface area (Å²) in [6.07, 6.45) is 0.0273. The van der Waals surface area contributed by atoms with E-state index in [-0.39, 0.29) is 24.1 Å². The van der Waals surface area contributed by atoms with Crippen LogP contribution in [0, 0.1) is 0 Å². The van der Waals surface area contributed by atoms with Gasteiger partial charge < -0.3 is 20.4 Å². The summed E-state index contributed by atoms with van der Waals surface area (Å²) >= 11 is 0. The number of nitrogens with one attached hydrogen (secondary N) is 4. The molecular weight excluding hydrogens is 360 g/mol. The number of piperazine rings is 1. The summed E-state index contributed by atoms with van der Waals surface area (Å²) < 4.78 is 0. The molecule has 1 aromatic rings. The zero-order chi connectivity index (χ0) is 20.1. The van der Waals surface area contributed by atoms with Crippen molar-refractivity contribution in [3.8, 4) is 0 Å². The third kappa shape index (κ3) is 5.07. The first-order valence-electron chi connectivity index (χ1n) is 9.59. The smallest absolute Gasteiger partial charge is 0.249 e. The highest BCUT2D eigenvalue weighted by atomic mass is 16.2. The number of carbonyl (C=O) groups is 3. The lowest BCUT2D eigenvalue weighted by Crippen LogP contribution is -3.14. The quantitative estimate of drug-likeness (QED) is 0.534. The molecule has 3 rings (SSSR count). The number of aliphatic imine (C=N–C) groups is 1. The van der Waals surface area contributed by atoms with Gasteiger partial charge in [0.15, 0.2) is 0 Å². The van der Waals surface area contributed by atoms with Crippen molar-refractivity contribution in [1.29, 1.82) is 0 Å². The molecule has 0 unspecified atom stereocenters. The number of anilines is 2. The molecule has 4 N–H and O–H groups in total. The van der Waals surface area contributed by atoms with Crippen molar-refractivity contribution in [3.05, 3.63) is 24.3 Å². The van der Waals surface area contributed by atoms with Crippen LogP contribution in [-0.2, 0) is 14.4 Å². The van der Waals surface area contributed by atoms with Crippen LogP contribution in [0.15, 0.2) is 29.3 Å². The van der Waals surface area contributed by atoms with E-state index in [0.29, 0.717) is 17.3 Å². The summed E-state index contributed by atoms with van der Waals surface area (Å²) in [4.78, 5) is 43.8. The van der Waals surface area contributed by atoms with Crippen LogP contribution in [0.5, 0.6) is 0 Å². The van der Waals surface area contributed by atoms with Crippen molar-refractivity contribution in [2.24, 2.45) is 4.99 Å². The molecule has 0 saturated carbocycles. The Kier molecular flexibility index (Phi) is 6.25. The number of hydrogen-bond donors (Lipinski definition) is 4. The van der Waals surface area contributed by atoms with E-state index in [2.05, 4.69) is 27.9 Å². The molecule has 9 nitrogen and oxygen atoms in total. The fraction of sp³-hybridized carbons (Fsp3) is 0.474. The highest BCUT2D eigenvalue weighted by molar-refractivity contribution is 6.06. The van der Waals surface area contributed by atoms with Gasteiger partial charge in [0.1, 0.15) is 6.04 Å². The number of benzene rings is 1. The number of guanidine groups is 1. The number of quaternary nitrogens is 1. The summed E-state index contributed by atoms with van der Waals surface area (Å²) in [5.74, 6) is -0.185. The average Bonchev–Trinajstić information content (AvgIpc) is 2.68. The summed E-state index contributed by atoms with van der Waals surface area (Å²) in [6, 6.07) is 6.05. The fourth-order valence-electron chi connectivity index (χ4n) is 3.34. The topological polar surface area (TPSA) is 107 Å². The Labute approximate surface area is 164 Å². The molecule has 0 spiro atoms. The van der Waals surface area contributed by atoms with Gasteiger partial charge in [0.25, 0.3) is 0 Å². The normalized spacial score (nSPS) is 20.2. The Balaban J connectivity index is 1.63. The maximum Gasteiger partial charge on any atom is 0.249 e. The third-order valence-corrected chi connectivity index (χ3v) is 4.95. The molecule has 28 heavy (non-hydrogen) atoms. The van der Waals surface area contributed by atoms with E-state index >= 15 is 0 Å². The van der Waals surface area contributed by atoms with E-state index in [1.807, 2.05) is 4.90 Å². The van der Waals surface area contributed by atoms with Crippen LogP contribution >= 0.6 is 0 Å². The monoisotopic (exact) mass is 387 g/mol. The van der Waals surface area contributed by atoms with Gasteiger partial charge in [0, 0.05) is 18.3 Å². The first kappa shape index (κ1) is 19.8. The minimum Gasteiger partial charge on any atom is -0.332 e. The first-order chi connectivity index (χ1) is 13.4. The Morgan fingerprint density at radius 2 is 1.79 bits per heavy atom. The van der Waals surface area contributed by atoms with Crippen molar-refractivity contribution in [1.82, 2.24) is 10.2 Å². The van der Waals surface area contributed by atoms with Crippen LogP contribution in [0.4, 0.5) is 11.4 Å². The second-order valence-corrected chi connectivity index (χ2v) is 7.06. The Morgan fingerprint density at radius 1 is 1.18 bits per heavy atom. The van der Waals surface area contributed by atoms with Gasteiger partial charge in [0.2, 0.25) is 23.7 Å². The van der Waals surface area contributed by atoms with Crippen LogP contribution < -0.4 is 20.9 Å². The van der Waals surface area contributed by atoms with Gasteiger partial charge in [-0.1, -0.05) is 0 Å². The van der Waals surface area contributed by atoms with Crippen molar-refractivity contribution in [3.63, 3.8) is 0 Å². The SMILES string of the molecule is CC[NH+]1CCN(C2=N[C@@H](C(=O)Nc3ccc(NC(C)=O)cc3)CC(=O)N2)CC1. The molecule has 0 aliphatic carbocycles. The van der Waals surface area contributed by atoms with Gasteiger partial charge in [0.05, 0.1) is 39.1 Å². The molecular formula is C19H27N6O3+. The number of hydrogen-bond acceptors (Lipinski definition) is 5. The van der Waals surface area contributed by atoms with Crippen LogP contribution in [-0.4, -0.2) is 67.3 Å². The molecule has 3 amide bonds. The van der Waals surface area contributed by atoms with E-state index in [1.165, 1.54) is 11.8 Å². The highest BCUT2D eigenvalue weighted by Crippen LogP contribution is 2.15. The molecule has 0 aromatic heterocycles. The number of nitrogens with zero attached hydrogens (tertiary/aromatic N) is 2. The number of carbonyl (C=O) groups excluding carboxylic acids is 3. The van der Waals surface area contributed by atoms with E-state index in [0.717, 1.165) is 32.7 Å². The van der Waals surface area contributed by atoms with Gasteiger partial charge >= 0.3 is 0 Å². The summed E-state index contributed by atoms with van der Waals surface area (Å²) in [5.41, 5.74) is 1.23. The lowest BCUT2D eigenvalue weighted by molar-refractivity contribution is -0.902. The van der Waals surface area contributed by atoms with Crippen molar-refractivity contribution >= 4 is 35.1 Å². The van der Waals surface area contributed by atoms with Crippen LogP contribution in [0.2, 0.25) is 0 Å². The van der Waals surface area contributed by atoms with Crippen molar-refractivity contribution < 1.29 is 19.3 Å². The minimum absolute atomic E-state index is 0.0273. The Bertz CT molecular complexity index is 768. The Morgan fingerprint density at radius 3 is 2.36 bits per heavy atom. The van der Waals surface area contributed by atoms with Crippen molar-refractivity contribution in [2.75, 3.05) is 43.4 Å². The second kappa shape index (κ2) is 8.83. The predicted molar refractivity (Wildman–Crippen MR) is 106 cm³/mol.